The quantitative estimate of drug-likeness (QED) is 0.289. The lowest BCUT2D eigenvalue weighted by atomic mass is 10.2. The average Bonchev–Trinajstić information content (AvgIpc) is 3.43. The second-order valence-electron chi connectivity index (χ2n) is 5.98. The second kappa shape index (κ2) is 8.36. The molecule has 0 saturated carbocycles. The van der Waals surface area contributed by atoms with Crippen molar-refractivity contribution < 1.29 is 17.6 Å². The maximum atomic E-state index is 13.1. The zero-order valence-electron chi connectivity index (χ0n) is 15.0. The van der Waals surface area contributed by atoms with Crippen LogP contribution in [0, 0.1) is 0 Å². The van der Waals surface area contributed by atoms with Crippen LogP contribution < -0.4 is 0 Å². The molecule has 0 aliphatic rings. The van der Waals surface area contributed by atoms with Crippen molar-refractivity contribution in [1.82, 2.24) is 4.98 Å². The SMILES string of the molecule is O=C(CSc1oc(-c2cccs2)nc1S(=O)(=O)c1ccccc1)c1ccccc1. The monoisotopic (exact) mass is 441 g/mol. The molecule has 146 valence electrons. The topological polar surface area (TPSA) is 77.2 Å². The van der Waals surface area contributed by atoms with Crippen LogP contribution in [-0.2, 0) is 9.84 Å². The molecule has 4 rings (SSSR count). The number of ketones is 1. The summed E-state index contributed by atoms with van der Waals surface area (Å²) in [6.07, 6.45) is 0. The molecule has 0 unspecified atom stereocenters. The first kappa shape index (κ1) is 19.6. The van der Waals surface area contributed by atoms with E-state index in [0.717, 1.165) is 16.6 Å². The van der Waals surface area contributed by atoms with E-state index in [1.165, 1.54) is 23.5 Å². The summed E-state index contributed by atoms with van der Waals surface area (Å²) in [7, 11) is -3.88. The van der Waals surface area contributed by atoms with Gasteiger partial charge in [-0.25, -0.2) is 8.42 Å². The maximum Gasteiger partial charge on any atom is 0.238 e. The zero-order chi connectivity index (χ0) is 20.3. The van der Waals surface area contributed by atoms with Crippen molar-refractivity contribution in [3.63, 3.8) is 0 Å². The van der Waals surface area contributed by atoms with Crippen molar-refractivity contribution in [1.29, 1.82) is 0 Å². The van der Waals surface area contributed by atoms with Crippen molar-refractivity contribution in [2.75, 3.05) is 5.75 Å². The molecule has 0 spiro atoms. The summed E-state index contributed by atoms with van der Waals surface area (Å²) >= 11 is 2.43. The number of carbonyl (C=O) groups excluding carboxylic acids is 1. The van der Waals surface area contributed by atoms with Gasteiger partial charge in [0, 0.05) is 5.56 Å². The fourth-order valence-electron chi connectivity index (χ4n) is 2.61. The average molecular weight is 442 g/mol. The number of thioether (sulfide) groups is 1. The number of hydrogen-bond donors (Lipinski definition) is 0. The van der Waals surface area contributed by atoms with Gasteiger partial charge in [-0.05, 0) is 23.6 Å². The second-order valence-corrected chi connectivity index (χ2v) is 9.74. The summed E-state index contributed by atoms with van der Waals surface area (Å²) in [6.45, 7) is 0. The Hall–Kier alpha value is -2.68. The highest BCUT2D eigenvalue weighted by Crippen LogP contribution is 2.36. The minimum absolute atomic E-state index is 0.0421. The molecule has 0 amide bonds. The van der Waals surface area contributed by atoms with Gasteiger partial charge in [0.05, 0.1) is 15.5 Å². The molecule has 0 aliphatic heterocycles. The molecule has 2 aromatic heterocycles. The number of Topliss-reactive ketones (excluding diaryl/α,β-unsaturated/α-hetero) is 1. The molecule has 2 aromatic carbocycles. The van der Waals surface area contributed by atoms with Crippen molar-refractivity contribution in [3.05, 3.63) is 83.7 Å². The van der Waals surface area contributed by atoms with Crippen molar-refractivity contribution in [2.45, 2.75) is 15.0 Å². The lowest BCUT2D eigenvalue weighted by Crippen LogP contribution is -2.05. The van der Waals surface area contributed by atoms with Gasteiger partial charge < -0.3 is 4.42 Å². The van der Waals surface area contributed by atoms with E-state index in [9.17, 15) is 13.2 Å². The van der Waals surface area contributed by atoms with Crippen LogP contribution in [0.4, 0.5) is 0 Å². The van der Waals surface area contributed by atoms with E-state index in [2.05, 4.69) is 4.98 Å². The molecule has 0 N–H and O–H groups in total. The van der Waals surface area contributed by atoms with Crippen molar-refractivity contribution >= 4 is 38.7 Å². The van der Waals surface area contributed by atoms with Crippen LogP contribution in [0.1, 0.15) is 10.4 Å². The molecule has 0 aliphatic carbocycles. The molecule has 0 bridgehead atoms. The Morgan fingerprint density at radius 2 is 1.66 bits per heavy atom. The van der Waals surface area contributed by atoms with Crippen LogP contribution in [0.3, 0.4) is 0 Å². The lowest BCUT2D eigenvalue weighted by molar-refractivity contribution is 0.102. The van der Waals surface area contributed by atoms with Gasteiger partial charge in [-0.15, -0.1) is 11.3 Å². The molecular weight excluding hydrogens is 426 g/mol. The molecule has 0 radical (unpaired) electrons. The molecule has 0 atom stereocenters. The van der Waals surface area contributed by atoms with E-state index in [0.29, 0.717) is 5.56 Å². The van der Waals surface area contributed by atoms with Gasteiger partial charge in [0.15, 0.2) is 5.78 Å². The first-order chi connectivity index (χ1) is 14.1. The fourth-order valence-corrected chi connectivity index (χ4v) is 5.70. The zero-order valence-corrected chi connectivity index (χ0v) is 17.5. The van der Waals surface area contributed by atoms with Gasteiger partial charge >= 0.3 is 0 Å². The predicted octanol–water partition coefficient (Wildman–Crippen LogP) is 5.21. The Bertz CT molecular complexity index is 1220. The van der Waals surface area contributed by atoms with Crippen LogP contribution in [0.15, 0.2) is 97.6 Å². The first-order valence-corrected chi connectivity index (χ1v) is 12.0. The molecule has 0 saturated heterocycles. The van der Waals surface area contributed by atoms with E-state index in [1.807, 2.05) is 17.5 Å². The predicted molar refractivity (Wildman–Crippen MR) is 113 cm³/mol. The third kappa shape index (κ3) is 4.19. The van der Waals surface area contributed by atoms with Crippen LogP contribution in [0.5, 0.6) is 0 Å². The van der Waals surface area contributed by atoms with Gasteiger partial charge in [-0.3, -0.25) is 4.79 Å². The molecule has 2 heterocycles. The highest BCUT2D eigenvalue weighted by molar-refractivity contribution is 8.00. The van der Waals surface area contributed by atoms with Gasteiger partial charge in [0.1, 0.15) is 0 Å². The molecule has 0 fully saturated rings. The maximum absolute atomic E-state index is 13.1. The van der Waals surface area contributed by atoms with E-state index < -0.39 is 9.84 Å². The number of oxazole rings is 1. The van der Waals surface area contributed by atoms with Crippen LogP contribution in [-0.4, -0.2) is 24.9 Å². The Morgan fingerprint density at radius 3 is 2.31 bits per heavy atom. The highest BCUT2D eigenvalue weighted by Gasteiger charge is 2.29. The summed E-state index contributed by atoms with van der Waals surface area (Å²) in [6, 6.07) is 20.6. The summed E-state index contributed by atoms with van der Waals surface area (Å²) in [4.78, 5) is 17.6. The normalized spacial score (nSPS) is 11.4. The molecule has 5 nitrogen and oxygen atoms in total. The number of benzene rings is 2. The summed E-state index contributed by atoms with van der Waals surface area (Å²) in [5.74, 6) is 0.150. The number of sulfone groups is 1. The third-order valence-electron chi connectivity index (χ3n) is 4.04. The number of rotatable bonds is 7. The van der Waals surface area contributed by atoms with E-state index in [-0.39, 0.29) is 32.4 Å². The molecular formula is C21H15NO4S3. The number of aromatic nitrogens is 1. The van der Waals surface area contributed by atoms with Crippen molar-refractivity contribution in [2.24, 2.45) is 0 Å². The van der Waals surface area contributed by atoms with Crippen LogP contribution in [0.25, 0.3) is 10.8 Å². The Kier molecular flexibility index (Phi) is 5.66. The number of carbonyl (C=O) groups is 1. The number of thiophene rings is 1. The Morgan fingerprint density at radius 1 is 0.966 bits per heavy atom. The van der Waals surface area contributed by atoms with Crippen LogP contribution >= 0.6 is 23.1 Å². The number of nitrogens with zero attached hydrogens (tertiary/aromatic N) is 1. The standard InChI is InChI=1S/C21H15NO4S3/c23-17(15-8-3-1-4-9-15)14-28-21-20(22-19(26-21)18-12-7-13-27-18)29(24,25)16-10-5-2-6-11-16/h1-13H,14H2. The summed E-state index contributed by atoms with van der Waals surface area (Å²) < 4.78 is 32.1. The van der Waals surface area contributed by atoms with E-state index >= 15 is 0 Å². The van der Waals surface area contributed by atoms with Gasteiger partial charge in [0.2, 0.25) is 25.8 Å². The van der Waals surface area contributed by atoms with Gasteiger partial charge in [-0.1, -0.05) is 66.4 Å². The Labute approximate surface area is 176 Å². The first-order valence-electron chi connectivity index (χ1n) is 8.61. The summed E-state index contributed by atoms with van der Waals surface area (Å²) in [5.41, 5.74) is 0.561. The van der Waals surface area contributed by atoms with E-state index in [1.54, 1.807) is 48.5 Å². The fraction of sp³-hybridized carbons (Fsp3) is 0.0476. The minimum atomic E-state index is -3.88. The lowest BCUT2D eigenvalue weighted by Gasteiger charge is -2.03. The van der Waals surface area contributed by atoms with Gasteiger partial charge in [-0.2, -0.15) is 4.98 Å². The van der Waals surface area contributed by atoms with Gasteiger partial charge in [0.25, 0.3) is 0 Å². The molecule has 29 heavy (non-hydrogen) atoms. The Balaban J connectivity index is 1.69. The van der Waals surface area contributed by atoms with E-state index in [4.69, 9.17) is 4.42 Å². The largest absolute Gasteiger partial charge is 0.428 e. The smallest absolute Gasteiger partial charge is 0.238 e. The van der Waals surface area contributed by atoms with Crippen LogP contribution in [0.2, 0.25) is 0 Å². The minimum Gasteiger partial charge on any atom is -0.428 e. The highest BCUT2D eigenvalue weighted by atomic mass is 32.2. The third-order valence-corrected chi connectivity index (χ3v) is 7.65. The number of hydrogen-bond acceptors (Lipinski definition) is 7. The molecule has 8 heteroatoms. The van der Waals surface area contributed by atoms with Crippen molar-refractivity contribution in [3.8, 4) is 10.8 Å². The summed E-state index contributed by atoms with van der Waals surface area (Å²) in [5, 5.41) is 1.80. The molecule has 4 aromatic rings.